The van der Waals surface area contributed by atoms with Crippen LogP contribution in [0, 0.1) is 0 Å². The van der Waals surface area contributed by atoms with Gasteiger partial charge in [-0.25, -0.2) is 8.42 Å². The summed E-state index contributed by atoms with van der Waals surface area (Å²) in [7, 11) is -4.01. The van der Waals surface area contributed by atoms with Crippen molar-refractivity contribution >= 4 is 33.4 Å². The molecule has 2 aromatic rings. The van der Waals surface area contributed by atoms with E-state index in [2.05, 4.69) is 10.0 Å². The monoisotopic (exact) mass is 418 g/mol. The average molecular weight is 418 g/mol. The van der Waals surface area contributed by atoms with E-state index in [1.165, 1.54) is 45.0 Å². The number of benzene rings is 2. The van der Waals surface area contributed by atoms with E-state index in [0.717, 1.165) is 0 Å². The van der Waals surface area contributed by atoms with E-state index in [0.29, 0.717) is 11.3 Å². The van der Waals surface area contributed by atoms with Crippen molar-refractivity contribution in [3.8, 4) is 0 Å². The standard InChI is InChI=1S/C20H22N2O6S/c1-13(22-29(26,27)18-11-9-16(10-12-18)14(2)23)20(25)28-15(3)19(24)21-17-7-5-4-6-8-17/h4-13,15,22H,1-3H3,(H,21,24)/t13-,15-/m0/s1. The molecule has 8 nitrogen and oxygen atoms in total. The maximum atomic E-state index is 12.4. The molecule has 0 aromatic heterocycles. The van der Waals surface area contributed by atoms with Gasteiger partial charge in [-0.1, -0.05) is 30.3 Å². The molecule has 0 spiro atoms. The first-order chi connectivity index (χ1) is 13.6. The van der Waals surface area contributed by atoms with Crippen LogP contribution in [0.15, 0.2) is 59.5 Å². The second-order valence-electron chi connectivity index (χ2n) is 6.36. The molecule has 0 aliphatic carbocycles. The number of nitrogens with one attached hydrogen (secondary N) is 2. The summed E-state index contributed by atoms with van der Waals surface area (Å²) in [6, 6.07) is 12.7. The van der Waals surface area contributed by atoms with Crippen LogP contribution in [0.5, 0.6) is 0 Å². The predicted octanol–water partition coefficient (Wildman–Crippen LogP) is 2.13. The van der Waals surface area contributed by atoms with Gasteiger partial charge in [0, 0.05) is 11.3 Å². The number of ether oxygens (including phenoxy) is 1. The Labute approximate surface area is 169 Å². The molecule has 0 unspecified atom stereocenters. The van der Waals surface area contributed by atoms with Gasteiger partial charge in [-0.2, -0.15) is 4.72 Å². The summed E-state index contributed by atoms with van der Waals surface area (Å²) in [5.74, 6) is -1.63. The van der Waals surface area contributed by atoms with E-state index in [4.69, 9.17) is 4.74 Å². The van der Waals surface area contributed by atoms with Gasteiger partial charge >= 0.3 is 5.97 Å². The molecule has 0 aliphatic heterocycles. The zero-order valence-electron chi connectivity index (χ0n) is 16.2. The number of carbonyl (C=O) groups is 3. The van der Waals surface area contributed by atoms with E-state index in [9.17, 15) is 22.8 Å². The van der Waals surface area contributed by atoms with Crippen LogP contribution in [0.4, 0.5) is 5.69 Å². The van der Waals surface area contributed by atoms with Crippen molar-refractivity contribution < 1.29 is 27.5 Å². The first kappa shape index (κ1) is 22.3. The Bertz CT molecular complexity index is 987. The molecular weight excluding hydrogens is 396 g/mol. The summed E-state index contributed by atoms with van der Waals surface area (Å²) in [5.41, 5.74) is 0.915. The lowest BCUT2D eigenvalue weighted by Crippen LogP contribution is -2.42. The fraction of sp³-hybridized carbons (Fsp3) is 0.250. The van der Waals surface area contributed by atoms with E-state index >= 15 is 0 Å². The van der Waals surface area contributed by atoms with E-state index in [-0.39, 0.29) is 10.7 Å². The van der Waals surface area contributed by atoms with Crippen LogP contribution in [0.2, 0.25) is 0 Å². The first-order valence-corrected chi connectivity index (χ1v) is 10.3. The first-order valence-electron chi connectivity index (χ1n) is 8.80. The minimum absolute atomic E-state index is 0.1000. The predicted molar refractivity (Wildman–Crippen MR) is 107 cm³/mol. The number of hydrogen-bond acceptors (Lipinski definition) is 6. The van der Waals surface area contributed by atoms with Gasteiger partial charge in [0.1, 0.15) is 6.04 Å². The Hall–Kier alpha value is -3.04. The molecular formula is C20H22N2O6S. The number of para-hydroxylation sites is 1. The van der Waals surface area contributed by atoms with Crippen LogP contribution in [-0.4, -0.2) is 38.2 Å². The van der Waals surface area contributed by atoms with Crippen molar-refractivity contribution in [3.63, 3.8) is 0 Å². The van der Waals surface area contributed by atoms with Gasteiger partial charge in [0.25, 0.3) is 5.91 Å². The zero-order valence-corrected chi connectivity index (χ0v) is 17.0. The van der Waals surface area contributed by atoms with Crippen LogP contribution in [0.3, 0.4) is 0 Å². The second kappa shape index (κ2) is 9.44. The van der Waals surface area contributed by atoms with E-state index < -0.39 is 34.0 Å². The molecule has 0 aliphatic rings. The third kappa shape index (κ3) is 6.23. The zero-order chi connectivity index (χ0) is 21.6. The van der Waals surface area contributed by atoms with E-state index in [1.54, 1.807) is 30.3 Å². The molecule has 0 saturated carbocycles. The third-order valence-corrected chi connectivity index (χ3v) is 5.52. The second-order valence-corrected chi connectivity index (χ2v) is 8.07. The fourth-order valence-electron chi connectivity index (χ4n) is 2.31. The average Bonchev–Trinajstić information content (AvgIpc) is 2.68. The molecule has 0 radical (unpaired) electrons. The summed E-state index contributed by atoms with van der Waals surface area (Å²) >= 11 is 0. The van der Waals surface area contributed by atoms with Crippen LogP contribution in [0.1, 0.15) is 31.1 Å². The van der Waals surface area contributed by atoms with Crippen molar-refractivity contribution in [2.24, 2.45) is 0 Å². The molecule has 0 heterocycles. The van der Waals surface area contributed by atoms with Gasteiger partial charge in [-0.05, 0) is 45.0 Å². The summed E-state index contributed by atoms with van der Waals surface area (Å²) in [4.78, 5) is 35.5. The minimum atomic E-state index is -4.01. The van der Waals surface area contributed by atoms with Crippen molar-refractivity contribution in [3.05, 3.63) is 60.2 Å². The molecule has 9 heteroatoms. The highest BCUT2D eigenvalue weighted by Gasteiger charge is 2.26. The number of hydrogen-bond donors (Lipinski definition) is 2. The number of ketones is 1. The quantitative estimate of drug-likeness (QED) is 0.501. The highest BCUT2D eigenvalue weighted by atomic mass is 32.2. The lowest BCUT2D eigenvalue weighted by molar-refractivity contribution is -0.154. The van der Waals surface area contributed by atoms with Crippen LogP contribution >= 0.6 is 0 Å². The number of Topliss-reactive ketones (excluding diaryl/α,β-unsaturated/α-hetero) is 1. The summed E-state index contributed by atoms with van der Waals surface area (Å²) in [5, 5.41) is 2.59. The highest BCUT2D eigenvalue weighted by molar-refractivity contribution is 7.89. The SMILES string of the molecule is CC(=O)c1ccc(S(=O)(=O)N[C@@H](C)C(=O)O[C@@H](C)C(=O)Nc2ccccc2)cc1. The van der Waals surface area contributed by atoms with Crippen molar-refractivity contribution in [2.45, 2.75) is 37.8 Å². The maximum Gasteiger partial charge on any atom is 0.324 e. The number of sulfonamides is 1. The van der Waals surface area contributed by atoms with Crippen molar-refractivity contribution in [2.75, 3.05) is 5.32 Å². The molecule has 2 aromatic carbocycles. The molecule has 1 amide bonds. The van der Waals surface area contributed by atoms with Gasteiger partial charge in [-0.15, -0.1) is 0 Å². The van der Waals surface area contributed by atoms with Gasteiger partial charge in [0.15, 0.2) is 11.9 Å². The number of amides is 1. The highest BCUT2D eigenvalue weighted by Crippen LogP contribution is 2.12. The van der Waals surface area contributed by atoms with Crippen LogP contribution in [-0.2, 0) is 24.3 Å². The number of esters is 1. The molecule has 2 rings (SSSR count). The Kier molecular flexibility index (Phi) is 7.24. The summed E-state index contributed by atoms with van der Waals surface area (Å²) < 4.78 is 32.1. The summed E-state index contributed by atoms with van der Waals surface area (Å²) in [6.07, 6.45) is -1.12. The topological polar surface area (TPSA) is 119 Å². The molecule has 0 bridgehead atoms. The largest absolute Gasteiger partial charge is 0.451 e. The Morgan fingerprint density at radius 2 is 1.52 bits per heavy atom. The number of anilines is 1. The molecule has 29 heavy (non-hydrogen) atoms. The summed E-state index contributed by atoms with van der Waals surface area (Å²) in [6.45, 7) is 4.07. The molecule has 0 fully saturated rings. The van der Waals surface area contributed by atoms with Crippen LogP contribution in [0.25, 0.3) is 0 Å². The molecule has 0 saturated heterocycles. The smallest absolute Gasteiger partial charge is 0.324 e. The molecule has 154 valence electrons. The van der Waals surface area contributed by atoms with Gasteiger partial charge < -0.3 is 10.1 Å². The fourth-order valence-corrected chi connectivity index (χ4v) is 3.51. The Balaban J connectivity index is 1.96. The Morgan fingerprint density at radius 1 is 0.931 bits per heavy atom. The number of carbonyl (C=O) groups excluding carboxylic acids is 3. The van der Waals surface area contributed by atoms with Gasteiger partial charge in [0.2, 0.25) is 10.0 Å². The van der Waals surface area contributed by atoms with Crippen molar-refractivity contribution in [1.82, 2.24) is 4.72 Å². The third-order valence-electron chi connectivity index (χ3n) is 3.96. The normalized spacial score (nSPS) is 13.2. The lowest BCUT2D eigenvalue weighted by Gasteiger charge is -2.17. The molecule has 2 atom stereocenters. The van der Waals surface area contributed by atoms with E-state index in [1.807, 2.05) is 0 Å². The van der Waals surface area contributed by atoms with Crippen LogP contribution < -0.4 is 10.0 Å². The van der Waals surface area contributed by atoms with Gasteiger partial charge in [-0.3, -0.25) is 14.4 Å². The van der Waals surface area contributed by atoms with Gasteiger partial charge in [0.05, 0.1) is 4.90 Å². The van der Waals surface area contributed by atoms with Crippen molar-refractivity contribution in [1.29, 1.82) is 0 Å². The molecule has 2 N–H and O–H groups in total. The Morgan fingerprint density at radius 3 is 2.07 bits per heavy atom. The number of rotatable bonds is 8. The maximum absolute atomic E-state index is 12.4. The lowest BCUT2D eigenvalue weighted by atomic mass is 10.2. The minimum Gasteiger partial charge on any atom is -0.451 e.